The van der Waals surface area contributed by atoms with Crippen molar-refractivity contribution in [3.63, 3.8) is 0 Å². The summed E-state index contributed by atoms with van der Waals surface area (Å²) in [5.41, 5.74) is 17.4. The van der Waals surface area contributed by atoms with Gasteiger partial charge in [-0.15, -0.1) is 49.4 Å². The third-order valence-electron chi connectivity index (χ3n) is 8.04. The molecule has 0 aliphatic rings. The molecule has 0 bridgehead atoms. The third kappa shape index (κ3) is 10.4. The molecule has 0 heterocycles. The van der Waals surface area contributed by atoms with Crippen molar-refractivity contribution in [1.82, 2.24) is 0 Å². The van der Waals surface area contributed by atoms with Gasteiger partial charge in [-0.05, 0) is 102 Å². The maximum Gasteiger partial charge on any atom is 0.0939 e. The number of terminal acetylenes is 1. The molecule has 0 radical (unpaired) electrons. The Bertz CT molecular complexity index is 2120. The molecule has 0 amide bonds. The Morgan fingerprint density at radius 2 is 0.962 bits per heavy atom. The van der Waals surface area contributed by atoms with Gasteiger partial charge in [0.15, 0.2) is 0 Å². The van der Waals surface area contributed by atoms with Crippen LogP contribution in [0.15, 0.2) is 150 Å². The minimum atomic E-state index is 0. The van der Waals surface area contributed by atoms with Crippen molar-refractivity contribution in [2.45, 2.75) is 61.8 Å². The summed E-state index contributed by atoms with van der Waals surface area (Å²) in [4.78, 5) is 0. The fraction of sp³-hybridized carbons (Fsp3) is 0.191. The Morgan fingerprint density at radius 1 is 0.538 bits per heavy atom. The topological polar surface area (TPSA) is 75.5 Å². The number of nitrogen functional groups attached to an aromatic ring is 1. The summed E-state index contributed by atoms with van der Waals surface area (Å²) >= 11 is 0. The molecule has 0 saturated heterocycles. The molecule has 5 nitrogen and oxygen atoms in total. The van der Waals surface area contributed by atoms with Crippen LogP contribution < -0.4 is 5.73 Å². The van der Waals surface area contributed by atoms with Gasteiger partial charge in [-0.1, -0.05) is 102 Å². The van der Waals surface area contributed by atoms with Crippen molar-refractivity contribution >= 4 is 50.0 Å². The fourth-order valence-electron chi connectivity index (χ4n) is 5.62. The predicted molar refractivity (Wildman–Crippen MR) is 231 cm³/mol. The number of nitrogens with two attached hydrogens (primary N) is 1. The second-order valence-corrected chi connectivity index (χ2v) is 11.0. The summed E-state index contributed by atoms with van der Waals surface area (Å²) < 4.78 is 0. The van der Waals surface area contributed by atoms with Crippen molar-refractivity contribution < 1.29 is 0 Å². The Labute approximate surface area is 312 Å². The highest BCUT2D eigenvalue weighted by Crippen LogP contribution is 2.36. The van der Waals surface area contributed by atoms with E-state index >= 15 is 0 Å². The van der Waals surface area contributed by atoms with Crippen molar-refractivity contribution in [3.8, 4) is 24.0 Å². The molecule has 5 heteroatoms. The first-order valence-electron chi connectivity index (χ1n) is 17.2. The molecular weight excluding hydrogens is 635 g/mol. The summed E-state index contributed by atoms with van der Waals surface area (Å²) in [6.45, 7) is 24.4. The zero-order valence-electron chi connectivity index (χ0n) is 31.1. The van der Waals surface area contributed by atoms with Crippen LogP contribution >= 0.6 is 0 Å². The van der Waals surface area contributed by atoms with Crippen LogP contribution in [0.2, 0.25) is 0 Å². The minimum absolute atomic E-state index is 0. The summed E-state index contributed by atoms with van der Waals surface area (Å²) in [5.74, 6) is 0. The average Bonchev–Trinajstić information content (AvgIpc) is 3.20. The normalized spacial score (nSPS) is 10.1. The second kappa shape index (κ2) is 22.6. The largest absolute Gasteiger partial charge is 0.398 e. The molecule has 6 aromatic rings. The van der Waals surface area contributed by atoms with Crippen LogP contribution in [-0.4, -0.2) is 0 Å². The van der Waals surface area contributed by atoms with E-state index in [4.69, 9.17) is 10.8 Å². The Kier molecular flexibility index (Phi) is 19.1. The van der Waals surface area contributed by atoms with E-state index in [2.05, 4.69) is 142 Å². The summed E-state index contributed by atoms with van der Waals surface area (Å²) in [5, 5.41) is 23.0. The first-order valence-corrected chi connectivity index (χ1v) is 17.2. The molecule has 0 spiro atoms. The lowest BCUT2D eigenvalue weighted by Gasteiger charge is -2.11. The SMILES string of the molecule is C.C#C.C=C.C=C.CC.CCc1cc(-c2ccc(N=Nc3cc(C)c(N)c4ccccc34)c(CC)c2)ccc1N=Nc1cc(C)cc2ccccc12. The lowest BCUT2D eigenvalue weighted by Crippen LogP contribution is -1.91. The van der Waals surface area contributed by atoms with Gasteiger partial charge in [0.25, 0.3) is 0 Å². The molecule has 6 aromatic carbocycles. The molecule has 0 unspecified atom stereocenters. The molecular formula is C47H55N5. The van der Waals surface area contributed by atoms with Gasteiger partial charge in [-0.2, -0.15) is 10.2 Å². The van der Waals surface area contributed by atoms with Gasteiger partial charge >= 0.3 is 0 Å². The lowest BCUT2D eigenvalue weighted by molar-refractivity contribution is 1.10. The quantitative estimate of drug-likeness (QED) is 0.0770. The highest BCUT2D eigenvalue weighted by atomic mass is 15.1. The molecule has 268 valence electrons. The lowest BCUT2D eigenvalue weighted by atomic mass is 9.98. The van der Waals surface area contributed by atoms with Crippen molar-refractivity contribution in [2.75, 3.05) is 5.73 Å². The number of fused-ring (bicyclic) bond motifs is 2. The molecule has 0 atom stereocenters. The van der Waals surface area contributed by atoms with E-state index in [0.29, 0.717) is 0 Å². The van der Waals surface area contributed by atoms with Crippen molar-refractivity contribution in [2.24, 2.45) is 20.5 Å². The first kappa shape index (κ1) is 43.9. The maximum absolute atomic E-state index is 6.33. The predicted octanol–water partition coefficient (Wildman–Crippen LogP) is 15.3. The van der Waals surface area contributed by atoms with Crippen molar-refractivity contribution in [3.05, 3.63) is 152 Å². The highest BCUT2D eigenvalue weighted by Gasteiger charge is 2.10. The number of azo groups is 2. The van der Waals surface area contributed by atoms with E-state index in [-0.39, 0.29) is 7.43 Å². The number of rotatable bonds is 7. The smallest absolute Gasteiger partial charge is 0.0939 e. The number of benzene rings is 6. The maximum atomic E-state index is 6.33. The molecule has 2 N–H and O–H groups in total. The van der Waals surface area contributed by atoms with Gasteiger partial charge in [-0.25, -0.2) is 0 Å². The van der Waals surface area contributed by atoms with Crippen molar-refractivity contribution in [1.29, 1.82) is 0 Å². The zero-order valence-corrected chi connectivity index (χ0v) is 31.1. The number of hydrogen-bond donors (Lipinski definition) is 1. The van der Waals surface area contributed by atoms with E-state index in [1.54, 1.807) is 0 Å². The molecule has 0 fully saturated rings. The Hall–Kier alpha value is -6.12. The fourth-order valence-corrected chi connectivity index (χ4v) is 5.62. The number of anilines is 1. The minimum Gasteiger partial charge on any atom is -0.398 e. The number of aryl methyl sites for hydroxylation is 4. The highest BCUT2D eigenvalue weighted by molar-refractivity contribution is 6.01. The van der Waals surface area contributed by atoms with Gasteiger partial charge in [0.2, 0.25) is 0 Å². The molecule has 6 rings (SSSR count). The summed E-state index contributed by atoms with van der Waals surface area (Å²) in [6, 6.07) is 35.5. The summed E-state index contributed by atoms with van der Waals surface area (Å²) in [6.07, 6.45) is 9.71. The van der Waals surface area contributed by atoms with Crippen LogP contribution in [0.25, 0.3) is 32.7 Å². The number of nitrogens with zero attached hydrogens (tertiary/aromatic N) is 4. The average molecular weight is 690 g/mol. The standard InChI is InChI=1S/C38H35N5.C2H6.2C2H4.C2H2.CH4/c1-5-26-22-28(15-17-34(26)40-42-36-20-24(3)19-30-11-7-8-12-31(30)36)29-16-18-35(27(6-2)23-29)41-43-37-21-25(4)38(39)33-14-10-9-13-32(33)37;4*1-2;/h7-23H,5-6,39H2,1-4H3;1-2H3;2*1-2H2;1-2H;1H4. The van der Waals surface area contributed by atoms with E-state index in [0.717, 1.165) is 85.3 Å². The van der Waals surface area contributed by atoms with Gasteiger partial charge in [-0.3, -0.25) is 0 Å². The van der Waals surface area contributed by atoms with Crippen LogP contribution in [0.3, 0.4) is 0 Å². The van der Waals surface area contributed by atoms with Crippen LogP contribution in [0.5, 0.6) is 0 Å². The van der Waals surface area contributed by atoms with Crippen LogP contribution in [-0.2, 0) is 12.8 Å². The second-order valence-electron chi connectivity index (χ2n) is 11.0. The van der Waals surface area contributed by atoms with Crippen LogP contribution in [0.4, 0.5) is 28.4 Å². The monoisotopic (exact) mass is 689 g/mol. The number of hydrogen-bond acceptors (Lipinski definition) is 5. The van der Waals surface area contributed by atoms with Gasteiger partial charge < -0.3 is 5.73 Å². The van der Waals surface area contributed by atoms with Crippen LogP contribution in [0.1, 0.15) is 57.4 Å². The zero-order chi connectivity index (χ0) is 37.9. The Balaban J connectivity index is 0.00000141. The first-order chi connectivity index (χ1) is 24.9. The molecule has 0 aliphatic carbocycles. The molecule has 0 saturated carbocycles. The molecule has 52 heavy (non-hydrogen) atoms. The summed E-state index contributed by atoms with van der Waals surface area (Å²) in [7, 11) is 0. The van der Waals surface area contributed by atoms with E-state index in [1.807, 2.05) is 57.2 Å². The van der Waals surface area contributed by atoms with Crippen LogP contribution in [0, 0.1) is 26.7 Å². The van der Waals surface area contributed by atoms with E-state index < -0.39 is 0 Å². The third-order valence-corrected chi connectivity index (χ3v) is 8.04. The van der Waals surface area contributed by atoms with E-state index in [9.17, 15) is 0 Å². The molecule has 0 aliphatic heterocycles. The molecule has 0 aromatic heterocycles. The van der Waals surface area contributed by atoms with Gasteiger partial charge in [0.1, 0.15) is 0 Å². The van der Waals surface area contributed by atoms with Gasteiger partial charge in [0.05, 0.1) is 22.7 Å². The van der Waals surface area contributed by atoms with Gasteiger partial charge in [0, 0.05) is 21.8 Å². The van der Waals surface area contributed by atoms with E-state index in [1.165, 1.54) is 10.9 Å². The Morgan fingerprint density at radius 3 is 1.46 bits per heavy atom.